The van der Waals surface area contributed by atoms with E-state index in [2.05, 4.69) is 15.3 Å². The largest absolute Gasteiger partial charge is 0.457 e. The predicted octanol–water partition coefficient (Wildman–Crippen LogP) is 5.54. The minimum Gasteiger partial charge on any atom is -0.457 e. The molecule has 0 bridgehead atoms. The molecule has 0 atom stereocenters. The molecule has 0 aliphatic heterocycles. The number of rotatable bonds is 4. The maximum Gasteiger partial charge on any atom is 0.142 e. The lowest BCUT2D eigenvalue weighted by atomic mass is 10.2. The van der Waals surface area contributed by atoms with Crippen molar-refractivity contribution in [1.82, 2.24) is 9.97 Å². The molecule has 0 radical (unpaired) electrons. The van der Waals surface area contributed by atoms with E-state index < -0.39 is 0 Å². The fourth-order valence-electron chi connectivity index (χ4n) is 2.45. The lowest BCUT2D eigenvalue weighted by Gasteiger charge is -2.09. The first-order valence-corrected chi connectivity index (χ1v) is 8.46. The fraction of sp³-hybridized carbons (Fsp3) is 0.0526. The highest BCUT2D eigenvalue weighted by Crippen LogP contribution is 2.28. The highest BCUT2D eigenvalue weighted by atomic mass is 32.1. The molecule has 24 heavy (non-hydrogen) atoms. The quantitative estimate of drug-likeness (QED) is 0.533. The first-order chi connectivity index (χ1) is 11.8. The molecule has 5 heteroatoms. The Balaban J connectivity index is 1.52. The van der Waals surface area contributed by atoms with Crippen LogP contribution in [-0.4, -0.2) is 9.97 Å². The Labute approximate surface area is 143 Å². The van der Waals surface area contributed by atoms with E-state index in [-0.39, 0.29) is 0 Å². The predicted molar refractivity (Wildman–Crippen MR) is 98.4 cm³/mol. The van der Waals surface area contributed by atoms with E-state index in [9.17, 15) is 0 Å². The van der Waals surface area contributed by atoms with Crippen molar-refractivity contribution in [2.75, 3.05) is 5.32 Å². The smallest absolute Gasteiger partial charge is 0.142 e. The monoisotopic (exact) mass is 333 g/mol. The molecule has 0 unspecified atom stereocenters. The zero-order valence-corrected chi connectivity index (χ0v) is 13.9. The number of nitrogens with one attached hydrogen (secondary N) is 1. The third kappa shape index (κ3) is 3.07. The Morgan fingerprint density at radius 3 is 2.67 bits per heavy atom. The van der Waals surface area contributed by atoms with E-state index >= 15 is 0 Å². The summed E-state index contributed by atoms with van der Waals surface area (Å²) < 4.78 is 5.87. The second kappa shape index (κ2) is 6.29. The molecule has 2 heterocycles. The molecule has 0 aliphatic rings. The summed E-state index contributed by atoms with van der Waals surface area (Å²) in [4.78, 5) is 9.56. The van der Waals surface area contributed by atoms with Gasteiger partial charge in [-0.1, -0.05) is 12.1 Å². The highest BCUT2D eigenvalue weighted by Gasteiger charge is 2.05. The topological polar surface area (TPSA) is 47.0 Å². The van der Waals surface area contributed by atoms with E-state index in [1.54, 1.807) is 17.7 Å². The Bertz CT molecular complexity index is 979. The van der Waals surface area contributed by atoms with E-state index in [0.29, 0.717) is 0 Å². The third-order valence-corrected chi connectivity index (χ3v) is 4.42. The molecule has 2 aromatic carbocycles. The van der Waals surface area contributed by atoms with Crippen molar-refractivity contribution < 1.29 is 4.74 Å². The van der Waals surface area contributed by atoms with Crippen LogP contribution in [0.25, 0.3) is 10.2 Å². The molecule has 0 aliphatic carbocycles. The third-order valence-electron chi connectivity index (χ3n) is 3.60. The van der Waals surface area contributed by atoms with E-state index in [1.807, 2.05) is 66.9 Å². The summed E-state index contributed by atoms with van der Waals surface area (Å²) in [6.45, 7) is 2.05. The molecular formula is C19H15N3OS. The Hall–Kier alpha value is -2.92. The second-order valence-electron chi connectivity index (χ2n) is 5.43. The lowest BCUT2D eigenvalue weighted by Crippen LogP contribution is -1.94. The number of thiophene rings is 1. The van der Waals surface area contributed by atoms with Crippen molar-refractivity contribution in [3.05, 3.63) is 71.9 Å². The van der Waals surface area contributed by atoms with Crippen molar-refractivity contribution in [2.45, 2.75) is 6.92 Å². The van der Waals surface area contributed by atoms with Crippen LogP contribution in [0.3, 0.4) is 0 Å². The van der Waals surface area contributed by atoms with Crippen LogP contribution in [0.2, 0.25) is 0 Å². The number of ether oxygens (including phenoxy) is 1. The minimum atomic E-state index is 0.800. The average molecular weight is 333 g/mol. The van der Waals surface area contributed by atoms with Crippen molar-refractivity contribution >= 4 is 33.1 Å². The molecular weight excluding hydrogens is 318 g/mol. The number of aryl methyl sites for hydroxylation is 1. The van der Waals surface area contributed by atoms with Gasteiger partial charge in [-0.2, -0.15) is 0 Å². The minimum absolute atomic E-state index is 0.800. The zero-order valence-electron chi connectivity index (χ0n) is 13.1. The van der Waals surface area contributed by atoms with Crippen LogP contribution in [0, 0.1) is 6.92 Å². The first-order valence-electron chi connectivity index (χ1n) is 7.58. The molecule has 0 spiro atoms. The number of nitrogens with zero attached hydrogens (tertiary/aromatic N) is 2. The molecule has 0 amide bonds. The fourth-order valence-corrected chi connectivity index (χ4v) is 3.18. The Kier molecular flexibility index (Phi) is 3.84. The van der Waals surface area contributed by atoms with Crippen LogP contribution >= 0.6 is 11.3 Å². The molecule has 2 aromatic heterocycles. The van der Waals surface area contributed by atoms with E-state index in [1.165, 1.54) is 5.56 Å². The van der Waals surface area contributed by atoms with Crippen LogP contribution in [0.1, 0.15) is 5.56 Å². The van der Waals surface area contributed by atoms with Gasteiger partial charge < -0.3 is 10.1 Å². The van der Waals surface area contributed by atoms with Gasteiger partial charge in [-0.15, -0.1) is 11.3 Å². The van der Waals surface area contributed by atoms with Gasteiger partial charge in [0.05, 0.1) is 5.39 Å². The van der Waals surface area contributed by atoms with Gasteiger partial charge in [-0.05, 0) is 60.3 Å². The van der Waals surface area contributed by atoms with Gasteiger partial charge in [0.1, 0.15) is 28.5 Å². The zero-order chi connectivity index (χ0) is 16.4. The van der Waals surface area contributed by atoms with Gasteiger partial charge in [-0.25, -0.2) is 9.97 Å². The number of hydrogen-bond donors (Lipinski definition) is 1. The van der Waals surface area contributed by atoms with Crippen LogP contribution in [0.5, 0.6) is 11.5 Å². The van der Waals surface area contributed by atoms with Crippen LogP contribution in [0.4, 0.5) is 11.5 Å². The van der Waals surface area contributed by atoms with Gasteiger partial charge >= 0.3 is 0 Å². The van der Waals surface area contributed by atoms with Gasteiger partial charge in [-0.3, -0.25) is 0 Å². The van der Waals surface area contributed by atoms with Crippen molar-refractivity contribution in [3.63, 3.8) is 0 Å². The molecule has 4 nitrogen and oxygen atoms in total. The van der Waals surface area contributed by atoms with Gasteiger partial charge in [0.25, 0.3) is 0 Å². The summed E-state index contributed by atoms with van der Waals surface area (Å²) >= 11 is 1.61. The first kappa shape index (κ1) is 14.7. The standard InChI is InChI=1S/C19H15N3OS/c1-13-3-2-4-16(11-13)23-15-7-5-14(6-8-15)22-18-17-9-10-24-19(17)21-12-20-18/h2-12H,1H3,(H,20,21,22). The average Bonchev–Trinajstić information content (AvgIpc) is 3.06. The maximum absolute atomic E-state index is 5.87. The number of benzene rings is 2. The number of aromatic nitrogens is 2. The van der Waals surface area contributed by atoms with Gasteiger partial charge in [0.2, 0.25) is 0 Å². The van der Waals surface area contributed by atoms with Crippen LogP contribution < -0.4 is 10.1 Å². The molecule has 1 N–H and O–H groups in total. The molecule has 0 fully saturated rings. The Morgan fingerprint density at radius 1 is 0.958 bits per heavy atom. The lowest BCUT2D eigenvalue weighted by molar-refractivity contribution is 0.482. The van der Waals surface area contributed by atoms with Crippen LogP contribution in [0.15, 0.2) is 66.3 Å². The SMILES string of the molecule is Cc1cccc(Oc2ccc(Nc3ncnc4sccc34)cc2)c1. The molecule has 0 saturated carbocycles. The second-order valence-corrected chi connectivity index (χ2v) is 6.32. The highest BCUT2D eigenvalue weighted by molar-refractivity contribution is 7.16. The van der Waals surface area contributed by atoms with Gasteiger partial charge in [0, 0.05) is 5.69 Å². The van der Waals surface area contributed by atoms with Crippen molar-refractivity contribution in [2.24, 2.45) is 0 Å². The van der Waals surface area contributed by atoms with Gasteiger partial charge in [0.15, 0.2) is 0 Å². The molecule has 0 saturated heterocycles. The Morgan fingerprint density at radius 2 is 1.83 bits per heavy atom. The van der Waals surface area contributed by atoms with E-state index in [0.717, 1.165) is 33.2 Å². The summed E-state index contributed by atoms with van der Waals surface area (Å²) in [5, 5.41) is 6.38. The summed E-state index contributed by atoms with van der Waals surface area (Å²) in [5.41, 5.74) is 2.13. The summed E-state index contributed by atoms with van der Waals surface area (Å²) in [7, 11) is 0. The van der Waals surface area contributed by atoms with Crippen molar-refractivity contribution in [1.29, 1.82) is 0 Å². The number of anilines is 2. The summed E-state index contributed by atoms with van der Waals surface area (Å²) in [6.07, 6.45) is 1.58. The summed E-state index contributed by atoms with van der Waals surface area (Å²) in [6, 6.07) is 17.9. The molecule has 118 valence electrons. The molecule has 4 rings (SSSR count). The van der Waals surface area contributed by atoms with Crippen LogP contribution in [-0.2, 0) is 0 Å². The number of hydrogen-bond acceptors (Lipinski definition) is 5. The van der Waals surface area contributed by atoms with Crippen molar-refractivity contribution in [3.8, 4) is 11.5 Å². The summed E-state index contributed by atoms with van der Waals surface area (Å²) in [5.74, 6) is 2.45. The van der Waals surface area contributed by atoms with E-state index in [4.69, 9.17) is 4.74 Å². The number of fused-ring (bicyclic) bond motifs is 1. The maximum atomic E-state index is 5.87. The normalized spacial score (nSPS) is 10.7. The molecule has 4 aromatic rings.